The molecule has 0 radical (unpaired) electrons. The number of hydrogen-bond acceptors (Lipinski definition) is 5. The number of hydrogen-bond donors (Lipinski definition) is 0. The smallest absolute Gasteiger partial charge is 0.306 e. The van der Waals surface area contributed by atoms with Gasteiger partial charge < -0.3 is 14.2 Å². The topological polar surface area (TPSA) is 61.8 Å². The molecule has 0 saturated carbocycles. The van der Waals surface area contributed by atoms with Gasteiger partial charge in [0, 0.05) is 19.4 Å². The number of unbranched alkanes of at least 4 members (excludes halogenated alkanes) is 35. The van der Waals surface area contributed by atoms with Crippen molar-refractivity contribution in [2.75, 3.05) is 19.8 Å². The summed E-state index contributed by atoms with van der Waals surface area (Å²) in [4.78, 5) is 25.5. The van der Waals surface area contributed by atoms with E-state index < -0.39 is 6.10 Å². The lowest BCUT2D eigenvalue weighted by Crippen LogP contribution is -2.30. The van der Waals surface area contributed by atoms with Gasteiger partial charge in [-0.2, -0.15) is 0 Å². The van der Waals surface area contributed by atoms with Gasteiger partial charge in [0.25, 0.3) is 0 Å². The summed E-state index contributed by atoms with van der Waals surface area (Å²) in [6, 6.07) is 0. The fourth-order valence-corrected chi connectivity index (χ4v) is 8.45. The van der Waals surface area contributed by atoms with Crippen molar-refractivity contribution in [1.82, 2.24) is 0 Å². The first-order valence-electron chi connectivity index (χ1n) is 29.2. The maximum atomic E-state index is 12.8. The molecular weight excluding hydrogens is 813 g/mol. The van der Waals surface area contributed by atoms with E-state index in [9.17, 15) is 9.59 Å². The van der Waals surface area contributed by atoms with Crippen LogP contribution in [0.2, 0.25) is 0 Å². The Kier molecular flexibility index (Phi) is 55.3. The van der Waals surface area contributed by atoms with E-state index >= 15 is 0 Å². The van der Waals surface area contributed by atoms with Crippen LogP contribution in [-0.4, -0.2) is 37.9 Å². The van der Waals surface area contributed by atoms with Crippen LogP contribution in [0.4, 0.5) is 0 Å². The van der Waals surface area contributed by atoms with Crippen LogP contribution >= 0.6 is 0 Å². The second-order valence-corrected chi connectivity index (χ2v) is 19.5. The number of ether oxygens (including phenoxy) is 3. The molecule has 0 N–H and O–H groups in total. The normalized spacial score (nSPS) is 12.5. The van der Waals surface area contributed by atoms with Crippen LogP contribution in [0.1, 0.15) is 303 Å². The Labute approximate surface area is 412 Å². The summed E-state index contributed by atoms with van der Waals surface area (Å²) in [5, 5.41) is 0. The summed E-state index contributed by atoms with van der Waals surface area (Å²) in [6.45, 7) is 7.82. The molecule has 0 rings (SSSR count). The molecule has 0 aromatic heterocycles. The van der Waals surface area contributed by atoms with E-state index in [0.29, 0.717) is 19.4 Å². The third-order valence-electron chi connectivity index (χ3n) is 12.8. The monoisotopic (exact) mass is 925 g/mol. The van der Waals surface area contributed by atoms with Crippen molar-refractivity contribution >= 4 is 11.9 Å². The minimum absolute atomic E-state index is 0.0809. The average molecular weight is 926 g/mol. The fourth-order valence-electron chi connectivity index (χ4n) is 8.45. The summed E-state index contributed by atoms with van der Waals surface area (Å²) >= 11 is 0. The van der Waals surface area contributed by atoms with Gasteiger partial charge in [0.1, 0.15) is 6.61 Å². The third kappa shape index (κ3) is 54.5. The van der Waals surface area contributed by atoms with Crippen LogP contribution in [-0.2, 0) is 23.8 Å². The fraction of sp³-hybridized carbons (Fsp3) is 0.836. The zero-order valence-electron chi connectivity index (χ0n) is 44.5. The molecule has 0 spiro atoms. The maximum absolute atomic E-state index is 12.8. The van der Waals surface area contributed by atoms with Crippen LogP contribution in [0.5, 0.6) is 0 Å². The first kappa shape index (κ1) is 63.9. The number of rotatable bonds is 54. The van der Waals surface area contributed by atoms with Crippen molar-refractivity contribution in [3.63, 3.8) is 0 Å². The van der Waals surface area contributed by atoms with Crippen molar-refractivity contribution in [2.24, 2.45) is 0 Å². The molecule has 386 valence electrons. The Morgan fingerprint density at radius 3 is 1.06 bits per heavy atom. The third-order valence-corrected chi connectivity index (χ3v) is 12.8. The van der Waals surface area contributed by atoms with Crippen LogP contribution in [0.15, 0.2) is 48.6 Å². The minimum Gasteiger partial charge on any atom is -0.462 e. The maximum Gasteiger partial charge on any atom is 0.306 e. The van der Waals surface area contributed by atoms with Crippen molar-refractivity contribution < 1.29 is 23.8 Å². The highest BCUT2D eigenvalue weighted by atomic mass is 16.6. The molecule has 0 saturated heterocycles. The predicted octanol–water partition coefficient (Wildman–Crippen LogP) is 19.9. The molecule has 5 nitrogen and oxygen atoms in total. The van der Waals surface area contributed by atoms with Crippen LogP contribution < -0.4 is 0 Å². The number of allylic oxidation sites excluding steroid dienone is 8. The highest BCUT2D eigenvalue weighted by Crippen LogP contribution is 2.16. The molecule has 0 aliphatic heterocycles. The molecule has 5 heteroatoms. The second-order valence-electron chi connectivity index (χ2n) is 19.5. The summed E-state index contributed by atoms with van der Waals surface area (Å²) in [5.41, 5.74) is 0. The molecule has 0 amide bonds. The average Bonchev–Trinajstić information content (AvgIpc) is 3.32. The van der Waals surface area contributed by atoms with Crippen LogP contribution in [0, 0.1) is 0 Å². The van der Waals surface area contributed by atoms with Gasteiger partial charge in [-0.3, -0.25) is 9.59 Å². The van der Waals surface area contributed by atoms with Crippen LogP contribution in [0.3, 0.4) is 0 Å². The molecule has 0 fully saturated rings. The first-order chi connectivity index (χ1) is 32.6. The summed E-state index contributed by atoms with van der Waals surface area (Å²) in [5.74, 6) is -0.398. The van der Waals surface area contributed by atoms with Gasteiger partial charge in [-0.15, -0.1) is 0 Å². The van der Waals surface area contributed by atoms with Crippen LogP contribution in [0.25, 0.3) is 0 Å². The summed E-state index contributed by atoms with van der Waals surface area (Å²) in [6.07, 6.45) is 71.3. The molecule has 0 aromatic rings. The Balaban J connectivity index is 4.25. The Morgan fingerprint density at radius 2 is 0.636 bits per heavy atom. The van der Waals surface area contributed by atoms with E-state index in [2.05, 4.69) is 69.4 Å². The zero-order valence-corrected chi connectivity index (χ0v) is 44.5. The Bertz CT molecular complexity index is 1090. The van der Waals surface area contributed by atoms with Gasteiger partial charge in [0.05, 0.1) is 6.61 Å². The molecular formula is C61H112O5. The van der Waals surface area contributed by atoms with Gasteiger partial charge in [-0.1, -0.05) is 256 Å². The quantitative estimate of drug-likeness (QED) is 0.0345. The Morgan fingerprint density at radius 1 is 0.333 bits per heavy atom. The highest BCUT2D eigenvalue weighted by molar-refractivity contribution is 5.70. The summed E-state index contributed by atoms with van der Waals surface area (Å²) < 4.78 is 17.5. The molecule has 0 aromatic carbocycles. The van der Waals surface area contributed by atoms with E-state index in [0.717, 1.165) is 64.2 Å². The van der Waals surface area contributed by atoms with Crippen molar-refractivity contribution in [1.29, 1.82) is 0 Å². The zero-order chi connectivity index (χ0) is 47.7. The highest BCUT2D eigenvalue weighted by Gasteiger charge is 2.17. The lowest BCUT2D eigenvalue weighted by Gasteiger charge is -2.18. The van der Waals surface area contributed by atoms with E-state index in [1.165, 1.54) is 205 Å². The second kappa shape index (κ2) is 57.2. The van der Waals surface area contributed by atoms with E-state index in [1.807, 2.05) is 0 Å². The lowest BCUT2D eigenvalue weighted by molar-refractivity contribution is -0.163. The standard InChI is InChI=1S/C61H112O5/c1-4-7-10-13-16-19-22-25-27-29-31-32-34-37-39-42-45-48-51-54-60(62)65-58-59(66-61(63)55-52-49-46-43-40-36-24-21-18-15-12-9-6-3)57-64-56-53-50-47-44-41-38-35-33-30-28-26-23-20-17-14-11-8-5-2/h16,19,25-28,31-32,59H,4-15,17-18,20-24,29-30,33-58H2,1-3H3/b19-16-,27-25-,28-26-,32-31-. The van der Waals surface area contributed by atoms with Gasteiger partial charge >= 0.3 is 11.9 Å². The SMILES string of the molecule is CCCCC/C=C\C/C=C\C/C=C\CCCCCCCCC(=O)OCC(COCCCCCCCCCC/C=C\CCCCCCCC)OC(=O)CCCCCCCCCCCCCCC. The molecule has 1 unspecified atom stereocenters. The largest absolute Gasteiger partial charge is 0.462 e. The Hall–Kier alpha value is -2.14. The molecule has 0 bridgehead atoms. The van der Waals surface area contributed by atoms with E-state index in [1.54, 1.807) is 0 Å². The number of carbonyl (C=O) groups excluding carboxylic acids is 2. The number of carbonyl (C=O) groups is 2. The minimum atomic E-state index is -0.541. The predicted molar refractivity (Wildman–Crippen MR) is 288 cm³/mol. The first-order valence-corrected chi connectivity index (χ1v) is 29.2. The molecule has 66 heavy (non-hydrogen) atoms. The van der Waals surface area contributed by atoms with Crippen molar-refractivity contribution in [3.05, 3.63) is 48.6 Å². The molecule has 0 aliphatic rings. The van der Waals surface area contributed by atoms with Crippen molar-refractivity contribution in [2.45, 2.75) is 309 Å². The van der Waals surface area contributed by atoms with Crippen molar-refractivity contribution in [3.8, 4) is 0 Å². The van der Waals surface area contributed by atoms with E-state index in [4.69, 9.17) is 14.2 Å². The molecule has 1 atom stereocenters. The summed E-state index contributed by atoms with van der Waals surface area (Å²) in [7, 11) is 0. The lowest BCUT2D eigenvalue weighted by atomic mass is 10.0. The molecule has 0 heterocycles. The number of esters is 2. The van der Waals surface area contributed by atoms with E-state index in [-0.39, 0.29) is 25.2 Å². The molecule has 0 aliphatic carbocycles. The van der Waals surface area contributed by atoms with Gasteiger partial charge in [0.2, 0.25) is 0 Å². The van der Waals surface area contributed by atoms with Gasteiger partial charge in [0.15, 0.2) is 6.10 Å². The van der Waals surface area contributed by atoms with Gasteiger partial charge in [-0.05, 0) is 83.5 Å². The van der Waals surface area contributed by atoms with Gasteiger partial charge in [-0.25, -0.2) is 0 Å².